The molecule has 6 nitrogen and oxygen atoms in total. The van der Waals surface area contributed by atoms with Crippen molar-refractivity contribution in [1.29, 1.82) is 0 Å². The number of imidazole rings is 1. The van der Waals surface area contributed by atoms with Crippen LogP contribution in [0.4, 0.5) is 0 Å². The summed E-state index contributed by atoms with van der Waals surface area (Å²) in [7, 11) is 4.77. The van der Waals surface area contributed by atoms with E-state index in [4.69, 9.17) is 0 Å². The van der Waals surface area contributed by atoms with Crippen LogP contribution in [0.5, 0.6) is 0 Å². The van der Waals surface area contributed by atoms with Crippen molar-refractivity contribution in [3.63, 3.8) is 0 Å². The standard InChI is InChI=1S/C8H10N4O2.H3P/c1-10-4-9-6-5(10)7(13)12(3)8(14)11(6)2;/h4H,1-3H3;1H3. The first-order chi connectivity index (χ1) is 6.54. The van der Waals surface area contributed by atoms with Gasteiger partial charge >= 0.3 is 5.69 Å². The summed E-state index contributed by atoms with van der Waals surface area (Å²) in [4.78, 5) is 27.2. The van der Waals surface area contributed by atoms with Crippen LogP contribution in [0.3, 0.4) is 0 Å². The molecule has 2 heterocycles. The van der Waals surface area contributed by atoms with Gasteiger partial charge in [-0.05, 0) is 0 Å². The maximum atomic E-state index is 11.7. The SMILES string of the molecule is Cn1c(=O)c2c(ncn2C)n(C)c1=O.P. The number of aromatic nitrogens is 4. The summed E-state index contributed by atoms with van der Waals surface area (Å²) < 4.78 is 4.04. The molecule has 0 saturated carbocycles. The molecule has 0 aliphatic carbocycles. The molecule has 0 aliphatic heterocycles. The van der Waals surface area contributed by atoms with Crippen LogP contribution in [-0.2, 0) is 21.1 Å². The third-order valence-corrected chi connectivity index (χ3v) is 2.32. The number of hydrogen-bond donors (Lipinski definition) is 0. The molecule has 82 valence electrons. The summed E-state index contributed by atoms with van der Waals surface area (Å²) in [6, 6.07) is 0. The normalized spacial score (nSPS) is 10.3. The van der Waals surface area contributed by atoms with Gasteiger partial charge in [0.15, 0.2) is 11.2 Å². The van der Waals surface area contributed by atoms with Gasteiger partial charge in [0, 0.05) is 21.1 Å². The molecule has 0 bridgehead atoms. The van der Waals surface area contributed by atoms with Crippen LogP contribution in [0, 0.1) is 0 Å². The number of aryl methyl sites for hydroxylation is 2. The fourth-order valence-corrected chi connectivity index (χ4v) is 1.47. The Labute approximate surface area is 88.8 Å². The molecule has 0 saturated heterocycles. The second-order valence-corrected chi connectivity index (χ2v) is 3.23. The van der Waals surface area contributed by atoms with E-state index in [-0.39, 0.29) is 21.1 Å². The van der Waals surface area contributed by atoms with E-state index >= 15 is 0 Å². The number of nitrogens with zero attached hydrogens (tertiary/aromatic N) is 4. The fraction of sp³-hybridized carbons (Fsp3) is 0.375. The third kappa shape index (κ3) is 1.41. The molecule has 0 aromatic carbocycles. The van der Waals surface area contributed by atoms with Crippen LogP contribution in [-0.4, -0.2) is 18.7 Å². The summed E-state index contributed by atoms with van der Waals surface area (Å²) in [5.41, 5.74) is 0.180. The minimum atomic E-state index is -0.360. The minimum Gasteiger partial charge on any atom is -0.328 e. The van der Waals surface area contributed by atoms with E-state index in [9.17, 15) is 9.59 Å². The zero-order chi connectivity index (χ0) is 10.5. The van der Waals surface area contributed by atoms with Crippen molar-refractivity contribution in [2.45, 2.75) is 0 Å². The number of hydrogen-bond acceptors (Lipinski definition) is 3. The van der Waals surface area contributed by atoms with Gasteiger partial charge in [0.05, 0.1) is 6.33 Å². The molecule has 0 amide bonds. The predicted octanol–water partition coefficient (Wildman–Crippen LogP) is -0.971. The first kappa shape index (κ1) is 11.7. The predicted molar refractivity (Wildman–Crippen MR) is 62.3 cm³/mol. The largest absolute Gasteiger partial charge is 0.332 e. The third-order valence-electron chi connectivity index (χ3n) is 2.32. The average Bonchev–Trinajstić information content (AvgIpc) is 2.54. The van der Waals surface area contributed by atoms with Gasteiger partial charge in [0.25, 0.3) is 5.56 Å². The van der Waals surface area contributed by atoms with Crippen molar-refractivity contribution in [2.75, 3.05) is 0 Å². The van der Waals surface area contributed by atoms with Crippen molar-refractivity contribution in [3.05, 3.63) is 27.2 Å². The lowest BCUT2D eigenvalue weighted by Gasteiger charge is -2.02. The lowest BCUT2D eigenvalue weighted by molar-refractivity contribution is 0.705. The summed E-state index contributed by atoms with van der Waals surface area (Å²) in [6.45, 7) is 0. The molecule has 7 heteroatoms. The van der Waals surface area contributed by atoms with Gasteiger partial charge in [-0.25, -0.2) is 9.78 Å². The Hall–Kier alpha value is -1.42. The molecule has 1 unspecified atom stereocenters. The van der Waals surface area contributed by atoms with E-state index in [0.717, 1.165) is 4.57 Å². The molecule has 2 aromatic heterocycles. The monoisotopic (exact) mass is 228 g/mol. The molecule has 0 radical (unpaired) electrons. The smallest absolute Gasteiger partial charge is 0.328 e. The van der Waals surface area contributed by atoms with Crippen LogP contribution in [0.15, 0.2) is 15.9 Å². The Morgan fingerprint density at radius 2 is 1.73 bits per heavy atom. The van der Waals surface area contributed by atoms with Crippen LogP contribution >= 0.6 is 9.90 Å². The molecule has 2 aromatic rings. The van der Waals surface area contributed by atoms with Crippen molar-refractivity contribution >= 4 is 21.1 Å². The zero-order valence-electron chi connectivity index (χ0n) is 8.89. The van der Waals surface area contributed by atoms with E-state index in [1.807, 2.05) is 0 Å². The fourth-order valence-electron chi connectivity index (χ4n) is 1.47. The molecule has 0 aliphatic rings. The minimum absolute atomic E-state index is 0. The second kappa shape index (κ2) is 3.62. The molecule has 2 rings (SSSR count). The molecular formula is C8H13N4O2P. The van der Waals surface area contributed by atoms with Gasteiger partial charge in [0.2, 0.25) is 0 Å². The summed E-state index contributed by atoms with van der Waals surface area (Å²) >= 11 is 0. The second-order valence-electron chi connectivity index (χ2n) is 3.23. The summed E-state index contributed by atoms with van der Waals surface area (Å²) in [6.07, 6.45) is 1.52. The van der Waals surface area contributed by atoms with E-state index in [1.165, 1.54) is 17.9 Å². The highest BCUT2D eigenvalue weighted by atomic mass is 31.0. The Morgan fingerprint density at radius 1 is 1.13 bits per heavy atom. The maximum absolute atomic E-state index is 11.7. The van der Waals surface area contributed by atoms with Gasteiger partial charge in [-0.1, -0.05) is 0 Å². The quantitative estimate of drug-likeness (QED) is 0.545. The van der Waals surface area contributed by atoms with Gasteiger partial charge in [0.1, 0.15) is 0 Å². The molecule has 0 N–H and O–H groups in total. The van der Waals surface area contributed by atoms with E-state index in [1.54, 1.807) is 18.7 Å². The maximum Gasteiger partial charge on any atom is 0.332 e. The highest BCUT2D eigenvalue weighted by Crippen LogP contribution is 2.01. The lowest BCUT2D eigenvalue weighted by Crippen LogP contribution is -2.37. The van der Waals surface area contributed by atoms with E-state index in [0.29, 0.717) is 11.2 Å². The van der Waals surface area contributed by atoms with Crippen LogP contribution in [0.2, 0.25) is 0 Å². The van der Waals surface area contributed by atoms with E-state index < -0.39 is 0 Å². The van der Waals surface area contributed by atoms with Gasteiger partial charge in [-0.3, -0.25) is 13.9 Å². The van der Waals surface area contributed by atoms with Crippen molar-refractivity contribution in [2.24, 2.45) is 21.1 Å². The van der Waals surface area contributed by atoms with Crippen LogP contribution < -0.4 is 11.2 Å². The molecule has 0 spiro atoms. The molecule has 1 atom stereocenters. The Morgan fingerprint density at radius 3 is 2.33 bits per heavy atom. The van der Waals surface area contributed by atoms with Crippen molar-refractivity contribution in [3.8, 4) is 0 Å². The molecule has 0 fully saturated rings. The first-order valence-corrected chi connectivity index (χ1v) is 4.11. The van der Waals surface area contributed by atoms with Crippen LogP contribution in [0.1, 0.15) is 0 Å². The Balaban J connectivity index is 0.00000112. The van der Waals surface area contributed by atoms with Crippen LogP contribution in [0.25, 0.3) is 11.2 Å². The Kier molecular flexibility index (Phi) is 2.81. The van der Waals surface area contributed by atoms with Crippen molar-refractivity contribution < 1.29 is 0 Å². The molecular weight excluding hydrogens is 215 g/mol. The average molecular weight is 228 g/mol. The number of fused-ring (bicyclic) bond motifs is 1. The van der Waals surface area contributed by atoms with Gasteiger partial charge in [-0.15, -0.1) is 0 Å². The van der Waals surface area contributed by atoms with Gasteiger partial charge < -0.3 is 4.57 Å². The topological polar surface area (TPSA) is 61.8 Å². The summed E-state index contributed by atoms with van der Waals surface area (Å²) in [5.74, 6) is 0. The first-order valence-electron chi connectivity index (χ1n) is 4.11. The highest BCUT2D eigenvalue weighted by Gasteiger charge is 2.11. The number of rotatable bonds is 0. The molecule has 15 heavy (non-hydrogen) atoms. The highest BCUT2D eigenvalue weighted by molar-refractivity contribution is 6.92. The van der Waals surface area contributed by atoms with Crippen molar-refractivity contribution in [1.82, 2.24) is 18.7 Å². The zero-order valence-corrected chi connectivity index (χ0v) is 10.3. The lowest BCUT2D eigenvalue weighted by atomic mass is 10.5. The summed E-state index contributed by atoms with van der Waals surface area (Å²) in [5, 5.41) is 0. The van der Waals surface area contributed by atoms with Gasteiger partial charge in [-0.2, -0.15) is 9.90 Å². The Bertz CT molecular complexity index is 622. The van der Waals surface area contributed by atoms with E-state index in [2.05, 4.69) is 4.98 Å².